The Hall–Kier alpha value is -1.93. The van der Waals surface area contributed by atoms with Crippen molar-refractivity contribution in [1.29, 1.82) is 0 Å². The quantitative estimate of drug-likeness (QED) is 0.463. The fourth-order valence-electron chi connectivity index (χ4n) is 5.79. The molecule has 1 aliphatic heterocycles. The summed E-state index contributed by atoms with van der Waals surface area (Å²) in [6.45, 7) is 5.36. The fourth-order valence-corrected chi connectivity index (χ4v) is 5.79. The number of nitrogens with one attached hydrogen (secondary N) is 1. The molecule has 0 amide bonds. The Morgan fingerprint density at radius 2 is 2.16 bits per heavy atom. The summed E-state index contributed by atoms with van der Waals surface area (Å²) in [6.07, 6.45) is 5.32. The Kier molecular flexibility index (Phi) is 5.13. The number of fused-ring (bicyclic) bond motifs is 1. The van der Waals surface area contributed by atoms with Crippen LogP contribution >= 0.6 is 0 Å². The maximum absolute atomic E-state index is 12.9. The standard InChI is InChI=1S/C24H33N3O4/c1-3-30-22(28)20-11-18-10-16(17-6-9-31-23(13-17)7-8-23)4-5-19(18)27(20)24(12-15(24)2)21(25)14-26-29/h4-5,10-11,15,17,21,26,29H,3,6-9,12-14,25H2,1-2H3/t15-,17-,21?,24-/m0/s1. The molecule has 7 nitrogen and oxygen atoms in total. The first-order chi connectivity index (χ1) is 14.9. The molecule has 1 saturated heterocycles. The molecule has 3 fully saturated rings. The van der Waals surface area contributed by atoms with Crippen molar-refractivity contribution in [2.75, 3.05) is 19.8 Å². The van der Waals surface area contributed by atoms with Crippen molar-refractivity contribution in [1.82, 2.24) is 10.0 Å². The molecule has 3 aliphatic rings. The molecule has 2 saturated carbocycles. The molecule has 2 heterocycles. The second kappa shape index (κ2) is 7.59. The van der Waals surface area contributed by atoms with Crippen molar-refractivity contribution >= 4 is 16.9 Å². The van der Waals surface area contributed by atoms with Gasteiger partial charge in [-0.2, -0.15) is 0 Å². The second-order valence-corrected chi connectivity index (χ2v) is 9.69. The number of carbonyl (C=O) groups excluding carboxylic acids is 1. The number of aromatic nitrogens is 1. The molecule has 168 valence electrons. The van der Waals surface area contributed by atoms with Crippen LogP contribution in [0.4, 0.5) is 0 Å². The minimum absolute atomic E-state index is 0.122. The fraction of sp³-hybridized carbons (Fsp3) is 0.625. The normalized spacial score (nSPS) is 29.8. The summed E-state index contributed by atoms with van der Waals surface area (Å²) in [5, 5.41) is 10.3. The van der Waals surface area contributed by atoms with E-state index < -0.39 is 5.54 Å². The predicted octanol–water partition coefficient (Wildman–Crippen LogP) is 3.29. The Balaban J connectivity index is 1.58. The van der Waals surface area contributed by atoms with Crippen molar-refractivity contribution in [2.45, 2.75) is 69.1 Å². The summed E-state index contributed by atoms with van der Waals surface area (Å²) in [5.74, 6) is 0.458. The molecule has 2 aliphatic carbocycles. The lowest BCUT2D eigenvalue weighted by atomic mass is 9.87. The summed E-state index contributed by atoms with van der Waals surface area (Å²) in [7, 11) is 0. The first-order valence-corrected chi connectivity index (χ1v) is 11.5. The second-order valence-electron chi connectivity index (χ2n) is 9.69. The number of rotatable bonds is 7. The van der Waals surface area contributed by atoms with Crippen LogP contribution < -0.4 is 11.2 Å². The molecule has 1 aromatic carbocycles. The lowest BCUT2D eigenvalue weighted by Gasteiger charge is -2.30. The van der Waals surface area contributed by atoms with Gasteiger partial charge in [-0.3, -0.25) is 0 Å². The van der Waals surface area contributed by atoms with E-state index in [4.69, 9.17) is 15.2 Å². The molecule has 0 bridgehead atoms. The van der Waals surface area contributed by atoms with E-state index >= 15 is 0 Å². The third-order valence-corrected chi connectivity index (χ3v) is 7.78. The van der Waals surface area contributed by atoms with Gasteiger partial charge >= 0.3 is 5.97 Å². The number of ether oxygens (including phenoxy) is 2. The van der Waals surface area contributed by atoms with Gasteiger partial charge in [-0.15, -0.1) is 0 Å². The largest absolute Gasteiger partial charge is 0.461 e. The van der Waals surface area contributed by atoms with Crippen LogP contribution in [0.15, 0.2) is 24.3 Å². The summed E-state index contributed by atoms with van der Waals surface area (Å²) < 4.78 is 13.5. The third-order valence-electron chi connectivity index (χ3n) is 7.78. The van der Waals surface area contributed by atoms with Gasteiger partial charge in [0.2, 0.25) is 0 Å². The minimum atomic E-state index is -0.419. The van der Waals surface area contributed by atoms with Gasteiger partial charge in [0.25, 0.3) is 0 Å². The zero-order chi connectivity index (χ0) is 21.8. The lowest BCUT2D eigenvalue weighted by Crippen LogP contribution is -2.47. The van der Waals surface area contributed by atoms with E-state index in [1.165, 1.54) is 18.4 Å². The van der Waals surface area contributed by atoms with Gasteiger partial charge in [0.15, 0.2) is 0 Å². The van der Waals surface area contributed by atoms with Crippen molar-refractivity contribution in [3.05, 3.63) is 35.5 Å². The van der Waals surface area contributed by atoms with Crippen LogP contribution in [0.5, 0.6) is 0 Å². The van der Waals surface area contributed by atoms with Crippen molar-refractivity contribution in [3.8, 4) is 0 Å². The van der Waals surface area contributed by atoms with Gasteiger partial charge in [-0.1, -0.05) is 13.0 Å². The predicted molar refractivity (Wildman–Crippen MR) is 117 cm³/mol. The molecule has 7 heteroatoms. The highest BCUT2D eigenvalue weighted by Crippen LogP contribution is 2.55. The van der Waals surface area contributed by atoms with E-state index in [1.807, 2.05) is 13.0 Å². The molecule has 4 N–H and O–H groups in total. The van der Waals surface area contributed by atoms with E-state index in [2.05, 4.69) is 35.2 Å². The lowest BCUT2D eigenvalue weighted by molar-refractivity contribution is -0.0132. The number of nitrogens with two attached hydrogens (primary N) is 1. The average molecular weight is 428 g/mol. The Morgan fingerprint density at radius 1 is 1.39 bits per heavy atom. The van der Waals surface area contributed by atoms with Crippen LogP contribution in [0, 0.1) is 5.92 Å². The molecule has 0 radical (unpaired) electrons. The van der Waals surface area contributed by atoms with Crippen LogP contribution in [0.2, 0.25) is 0 Å². The third kappa shape index (κ3) is 3.39. The Labute approximate surface area is 182 Å². The first-order valence-electron chi connectivity index (χ1n) is 11.5. The van der Waals surface area contributed by atoms with Crippen LogP contribution in [-0.4, -0.2) is 47.1 Å². The minimum Gasteiger partial charge on any atom is -0.461 e. The summed E-state index contributed by atoms with van der Waals surface area (Å²) in [5.41, 5.74) is 11.3. The molecule has 4 atom stereocenters. The molecule has 2 aromatic rings. The van der Waals surface area contributed by atoms with E-state index in [-0.39, 0.29) is 24.2 Å². The molecule has 1 aromatic heterocycles. The zero-order valence-electron chi connectivity index (χ0n) is 18.4. The van der Waals surface area contributed by atoms with Gasteiger partial charge in [-0.05, 0) is 74.6 Å². The highest BCUT2D eigenvalue weighted by molar-refractivity contribution is 5.96. The molecule has 1 unspecified atom stereocenters. The number of nitrogens with zero attached hydrogens (tertiary/aromatic N) is 1. The van der Waals surface area contributed by atoms with Gasteiger partial charge in [0, 0.05) is 30.1 Å². The van der Waals surface area contributed by atoms with Crippen LogP contribution in [-0.2, 0) is 15.0 Å². The van der Waals surface area contributed by atoms with Crippen molar-refractivity contribution in [3.63, 3.8) is 0 Å². The smallest absolute Gasteiger partial charge is 0.354 e. The van der Waals surface area contributed by atoms with E-state index in [0.717, 1.165) is 36.8 Å². The van der Waals surface area contributed by atoms with Gasteiger partial charge in [0.05, 0.1) is 17.7 Å². The summed E-state index contributed by atoms with van der Waals surface area (Å²) in [4.78, 5) is 12.9. The number of hydroxylamine groups is 1. The van der Waals surface area contributed by atoms with Gasteiger partial charge in [0.1, 0.15) is 5.69 Å². The Bertz CT molecular complexity index is 998. The van der Waals surface area contributed by atoms with E-state index in [0.29, 0.717) is 24.1 Å². The maximum atomic E-state index is 12.9. The topological polar surface area (TPSA) is 98.7 Å². The summed E-state index contributed by atoms with van der Waals surface area (Å²) in [6, 6.07) is 8.19. The molecule has 31 heavy (non-hydrogen) atoms. The van der Waals surface area contributed by atoms with Crippen LogP contribution in [0.1, 0.15) is 67.9 Å². The number of benzene rings is 1. The van der Waals surface area contributed by atoms with Crippen molar-refractivity contribution in [2.24, 2.45) is 11.7 Å². The van der Waals surface area contributed by atoms with Gasteiger partial charge < -0.3 is 25.0 Å². The molecular formula is C24H33N3O4. The van der Waals surface area contributed by atoms with Crippen LogP contribution in [0.3, 0.4) is 0 Å². The highest BCUT2D eigenvalue weighted by Gasteiger charge is 2.58. The average Bonchev–Trinajstić information content (AvgIpc) is 3.62. The molecule has 5 rings (SSSR count). The number of hydrogen-bond acceptors (Lipinski definition) is 6. The zero-order valence-corrected chi connectivity index (χ0v) is 18.4. The Morgan fingerprint density at radius 3 is 2.81 bits per heavy atom. The molecular weight excluding hydrogens is 394 g/mol. The van der Waals surface area contributed by atoms with E-state index in [1.54, 1.807) is 0 Å². The SMILES string of the molecule is CCOC(=O)c1cc2cc([C@H]3CCOC4(CC4)C3)ccc2n1[C@@]1(C(N)CNO)C[C@@H]1C. The number of esters is 1. The van der Waals surface area contributed by atoms with Gasteiger partial charge in [-0.25, -0.2) is 10.3 Å². The number of carbonyl (C=O) groups is 1. The molecule has 1 spiro atoms. The number of hydrogen-bond donors (Lipinski definition) is 3. The first kappa shape index (κ1) is 20.9. The monoisotopic (exact) mass is 427 g/mol. The van der Waals surface area contributed by atoms with E-state index in [9.17, 15) is 10.0 Å². The highest BCUT2D eigenvalue weighted by atomic mass is 16.5. The summed E-state index contributed by atoms with van der Waals surface area (Å²) >= 11 is 0. The van der Waals surface area contributed by atoms with Crippen LogP contribution in [0.25, 0.3) is 10.9 Å². The maximum Gasteiger partial charge on any atom is 0.354 e. The van der Waals surface area contributed by atoms with Crippen molar-refractivity contribution < 1.29 is 19.5 Å².